The zero-order valence-corrected chi connectivity index (χ0v) is 9.92. The predicted molar refractivity (Wildman–Crippen MR) is 61.5 cm³/mol. The van der Waals surface area contributed by atoms with Gasteiger partial charge in [0.2, 0.25) is 0 Å². The average molecular weight is 246 g/mol. The van der Waals surface area contributed by atoms with Crippen LogP contribution in [-0.2, 0) is 4.74 Å². The summed E-state index contributed by atoms with van der Waals surface area (Å²) < 4.78 is 18.0. The van der Waals surface area contributed by atoms with Gasteiger partial charge in [-0.3, -0.25) is 4.90 Å². The molecule has 0 aliphatic rings. The number of rotatable bonds is 3. The van der Waals surface area contributed by atoms with Crippen molar-refractivity contribution in [3.8, 4) is 0 Å². The Kier molecular flexibility index (Phi) is 4.55. The van der Waals surface area contributed by atoms with Gasteiger partial charge in [-0.15, -0.1) is 0 Å². The van der Waals surface area contributed by atoms with Crippen LogP contribution in [0.15, 0.2) is 18.2 Å². The summed E-state index contributed by atoms with van der Waals surface area (Å²) in [4.78, 5) is 12.9. The lowest BCUT2D eigenvalue weighted by Crippen LogP contribution is -2.31. The van der Waals surface area contributed by atoms with Crippen molar-refractivity contribution < 1.29 is 13.9 Å². The van der Waals surface area contributed by atoms with Crippen LogP contribution in [-0.4, -0.2) is 19.2 Å². The molecule has 0 heterocycles. The van der Waals surface area contributed by atoms with E-state index in [-0.39, 0.29) is 11.6 Å². The molecule has 5 heteroatoms. The second kappa shape index (κ2) is 5.70. The molecule has 1 amide bonds. The highest BCUT2D eigenvalue weighted by Gasteiger charge is 2.15. The number of ether oxygens (including phenoxy) is 1. The number of hydrogen-bond donors (Lipinski definition) is 0. The molecule has 0 N–H and O–H groups in total. The normalized spacial score (nSPS) is 10.0. The van der Waals surface area contributed by atoms with E-state index in [4.69, 9.17) is 16.3 Å². The summed E-state index contributed by atoms with van der Waals surface area (Å²) in [5.41, 5.74) is 0.394. The van der Waals surface area contributed by atoms with Crippen molar-refractivity contribution in [2.24, 2.45) is 0 Å². The standard InChI is InChI=1S/C11H13ClFNO2/c1-3-14(11(15)16-4-2)10-6-8(12)5-9(13)7-10/h5-7H,3-4H2,1-2H3. The fourth-order valence-electron chi connectivity index (χ4n) is 1.31. The minimum absolute atomic E-state index is 0.248. The van der Waals surface area contributed by atoms with Gasteiger partial charge >= 0.3 is 6.09 Å². The van der Waals surface area contributed by atoms with Gasteiger partial charge in [-0.05, 0) is 32.0 Å². The lowest BCUT2D eigenvalue weighted by molar-refractivity contribution is 0.160. The van der Waals surface area contributed by atoms with Crippen LogP contribution < -0.4 is 4.90 Å². The lowest BCUT2D eigenvalue weighted by Gasteiger charge is -2.20. The summed E-state index contributed by atoms with van der Waals surface area (Å²) in [6, 6.07) is 3.95. The predicted octanol–water partition coefficient (Wildman–Crippen LogP) is 3.46. The summed E-state index contributed by atoms with van der Waals surface area (Å²) in [5, 5.41) is 0.248. The number of nitrogens with zero attached hydrogens (tertiary/aromatic N) is 1. The molecule has 1 aromatic rings. The Morgan fingerprint density at radius 1 is 1.44 bits per heavy atom. The van der Waals surface area contributed by atoms with Crippen LogP contribution in [0.4, 0.5) is 14.9 Å². The van der Waals surface area contributed by atoms with E-state index in [9.17, 15) is 9.18 Å². The molecule has 1 rings (SSSR count). The second-order valence-corrected chi connectivity index (χ2v) is 3.51. The maximum Gasteiger partial charge on any atom is 0.414 e. The quantitative estimate of drug-likeness (QED) is 0.816. The second-order valence-electron chi connectivity index (χ2n) is 3.07. The first-order chi connectivity index (χ1) is 7.58. The van der Waals surface area contributed by atoms with Crippen molar-refractivity contribution >= 4 is 23.4 Å². The van der Waals surface area contributed by atoms with Gasteiger partial charge in [0.15, 0.2) is 0 Å². The Balaban J connectivity index is 2.98. The third kappa shape index (κ3) is 3.10. The van der Waals surface area contributed by atoms with E-state index in [2.05, 4.69) is 0 Å². The Morgan fingerprint density at radius 2 is 2.12 bits per heavy atom. The number of carbonyl (C=O) groups is 1. The first kappa shape index (κ1) is 12.8. The highest BCUT2D eigenvalue weighted by molar-refractivity contribution is 6.30. The van der Waals surface area contributed by atoms with Gasteiger partial charge in [-0.1, -0.05) is 11.6 Å². The first-order valence-electron chi connectivity index (χ1n) is 4.98. The van der Waals surface area contributed by atoms with Gasteiger partial charge in [0.25, 0.3) is 0 Å². The third-order valence-electron chi connectivity index (χ3n) is 1.96. The van der Waals surface area contributed by atoms with E-state index < -0.39 is 11.9 Å². The first-order valence-corrected chi connectivity index (χ1v) is 5.36. The van der Waals surface area contributed by atoms with Crippen LogP contribution in [0.3, 0.4) is 0 Å². The van der Waals surface area contributed by atoms with Crippen LogP contribution in [0.5, 0.6) is 0 Å². The van der Waals surface area contributed by atoms with E-state index >= 15 is 0 Å². The van der Waals surface area contributed by atoms with E-state index in [0.29, 0.717) is 12.2 Å². The molecule has 0 unspecified atom stereocenters. The van der Waals surface area contributed by atoms with E-state index in [1.54, 1.807) is 13.8 Å². The van der Waals surface area contributed by atoms with E-state index in [1.807, 2.05) is 0 Å². The van der Waals surface area contributed by atoms with Crippen molar-refractivity contribution in [1.82, 2.24) is 0 Å². The lowest BCUT2D eigenvalue weighted by atomic mass is 10.3. The summed E-state index contributed by atoms with van der Waals surface area (Å²) in [6.07, 6.45) is -0.508. The summed E-state index contributed by atoms with van der Waals surface area (Å²) in [7, 11) is 0. The molecule has 0 fully saturated rings. The molecule has 3 nitrogen and oxygen atoms in total. The molecule has 0 atom stereocenters. The molecular formula is C11H13ClFNO2. The molecule has 0 bridgehead atoms. The fraction of sp³-hybridized carbons (Fsp3) is 0.364. The highest BCUT2D eigenvalue weighted by atomic mass is 35.5. The topological polar surface area (TPSA) is 29.5 Å². The molecule has 1 aromatic carbocycles. The number of anilines is 1. The minimum Gasteiger partial charge on any atom is -0.449 e. The molecule has 0 aliphatic heterocycles. The van der Waals surface area contributed by atoms with Crippen LogP contribution >= 0.6 is 11.6 Å². The molecule has 0 saturated heterocycles. The molecule has 16 heavy (non-hydrogen) atoms. The largest absolute Gasteiger partial charge is 0.449 e. The van der Waals surface area contributed by atoms with Gasteiger partial charge in [0.1, 0.15) is 5.82 Å². The van der Waals surface area contributed by atoms with Crippen LogP contribution in [0.2, 0.25) is 5.02 Å². The zero-order valence-electron chi connectivity index (χ0n) is 9.17. The summed E-state index contributed by atoms with van der Waals surface area (Å²) >= 11 is 5.71. The van der Waals surface area contributed by atoms with Crippen LogP contribution in [0.25, 0.3) is 0 Å². The fourth-order valence-corrected chi connectivity index (χ4v) is 1.53. The van der Waals surface area contributed by atoms with Crippen LogP contribution in [0, 0.1) is 5.82 Å². The summed E-state index contributed by atoms with van der Waals surface area (Å²) in [5.74, 6) is -0.481. The van der Waals surface area contributed by atoms with Crippen molar-refractivity contribution in [2.75, 3.05) is 18.1 Å². The smallest absolute Gasteiger partial charge is 0.414 e. The SMILES string of the molecule is CCOC(=O)N(CC)c1cc(F)cc(Cl)c1. The van der Waals surface area contributed by atoms with Crippen molar-refractivity contribution in [1.29, 1.82) is 0 Å². The van der Waals surface area contributed by atoms with Gasteiger partial charge in [-0.2, -0.15) is 0 Å². The van der Waals surface area contributed by atoms with E-state index in [1.165, 1.54) is 23.1 Å². The molecule has 0 aromatic heterocycles. The Labute approximate surface area is 98.8 Å². The molecule has 0 aliphatic carbocycles. The monoisotopic (exact) mass is 245 g/mol. The van der Waals surface area contributed by atoms with Gasteiger partial charge in [0.05, 0.1) is 12.3 Å². The number of amides is 1. The van der Waals surface area contributed by atoms with Crippen molar-refractivity contribution in [3.63, 3.8) is 0 Å². The average Bonchev–Trinajstić information content (AvgIpc) is 2.17. The van der Waals surface area contributed by atoms with Crippen molar-refractivity contribution in [2.45, 2.75) is 13.8 Å². The van der Waals surface area contributed by atoms with Gasteiger partial charge in [-0.25, -0.2) is 9.18 Å². The molecule has 0 radical (unpaired) electrons. The van der Waals surface area contributed by atoms with Gasteiger partial charge < -0.3 is 4.74 Å². The summed E-state index contributed by atoms with van der Waals surface area (Å²) in [6.45, 7) is 4.15. The number of carbonyl (C=O) groups excluding carboxylic acids is 1. The maximum atomic E-state index is 13.1. The molecular weight excluding hydrogens is 233 g/mol. The zero-order chi connectivity index (χ0) is 12.1. The van der Waals surface area contributed by atoms with E-state index in [0.717, 1.165) is 0 Å². The minimum atomic E-state index is -0.508. The number of halogens is 2. The molecule has 88 valence electrons. The molecule has 0 spiro atoms. The Bertz CT molecular complexity index is 364. The van der Waals surface area contributed by atoms with Crippen molar-refractivity contribution in [3.05, 3.63) is 29.0 Å². The highest BCUT2D eigenvalue weighted by Crippen LogP contribution is 2.22. The third-order valence-corrected chi connectivity index (χ3v) is 2.18. The Morgan fingerprint density at radius 3 is 2.62 bits per heavy atom. The van der Waals surface area contributed by atoms with Gasteiger partial charge in [0, 0.05) is 11.6 Å². The number of benzene rings is 1. The maximum absolute atomic E-state index is 13.1. The molecule has 0 saturated carbocycles. The number of hydrogen-bond acceptors (Lipinski definition) is 2. The Hall–Kier alpha value is -1.29. The van der Waals surface area contributed by atoms with Crippen LogP contribution in [0.1, 0.15) is 13.8 Å².